The predicted octanol–water partition coefficient (Wildman–Crippen LogP) is 5.03. The van der Waals surface area contributed by atoms with E-state index >= 15 is 4.39 Å². The minimum atomic E-state index is -0.918. The van der Waals surface area contributed by atoms with Gasteiger partial charge in [0.2, 0.25) is 5.13 Å². The minimum absolute atomic E-state index is 0.0433. The normalized spacial score (nSPS) is 13.2. The van der Waals surface area contributed by atoms with Crippen LogP contribution in [0, 0.1) is 5.13 Å². The molecule has 0 bridgehead atoms. The monoisotopic (exact) mass is 519 g/mol. The molecule has 0 radical (unpaired) electrons. The van der Waals surface area contributed by atoms with Crippen molar-refractivity contribution in [3.63, 3.8) is 0 Å². The van der Waals surface area contributed by atoms with Crippen LogP contribution in [0.4, 0.5) is 10.1 Å². The lowest BCUT2D eigenvalue weighted by molar-refractivity contribution is -0.140. The number of rotatable bonds is 8. The van der Waals surface area contributed by atoms with Crippen LogP contribution in [0.2, 0.25) is 5.02 Å². The average molecular weight is 520 g/mol. The summed E-state index contributed by atoms with van der Waals surface area (Å²) in [5.74, 6) is -3.04. The van der Waals surface area contributed by atoms with Crippen LogP contribution < -0.4 is 4.90 Å². The molecule has 0 N–H and O–H groups in total. The van der Waals surface area contributed by atoms with Gasteiger partial charge < -0.3 is 9.47 Å². The molecule has 1 aliphatic carbocycles. The topological polar surface area (TPSA) is 90.0 Å². The lowest BCUT2D eigenvalue weighted by atomic mass is 9.90. The third kappa shape index (κ3) is 5.86. The molecular formula is C25H23ClFNO6S. The van der Waals surface area contributed by atoms with Gasteiger partial charge in [-0.25, -0.2) is 9.69 Å². The van der Waals surface area contributed by atoms with Crippen molar-refractivity contribution in [1.29, 1.82) is 0 Å². The Bertz CT molecular complexity index is 1190. The van der Waals surface area contributed by atoms with E-state index in [1.165, 1.54) is 25.3 Å². The maximum atomic E-state index is 15.2. The summed E-state index contributed by atoms with van der Waals surface area (Å²) in [5, 5.41) is -1.17. The Morgan fingerprint density at radius 1 is 1.11 bits per heavy atom. The van der Waals surface area contributed by atoms with Crippen molar-refractivity contribution in [2.45, 2.75) is 32.1 Å². The van der Waals surface area contributed by atoms with Gasteiger partial charge in [-0.15, -0.1) is 11.3 Å². The summed E-state index contributed by atoms with van der Waals surface area (Å²) in [6.07, 6.45) is 2.79. The highest BCUT2D eigenvalue weighted by molar-refractivity contribution is 7.11. The summed E-state index contributed by atoms with van der Waals surface area (Å²) in [5.41, 5.74) is -0.156. The maximum absolute atomic E-state index is 15.2. The number of esters is 2. The molecule has 0 aliphatic heterocycles. The average Bonchev–Trinajstić information content (AvgIpc) is 3.15. The number of carbonyl (C=O) groups is 4. The molecule has 0 spiro atoms. The van der Waals surface area contributed by atoms with Gasteiger partial charge in [0.15, 0.2) is 0 Å². The van der Waals surface area contributed by atoms with Crippen molar-refractivity contribution in [2.24, 2.45) is 0 Å². The van der Waals surface area contributed by atoms with Gasteiger partial charge in [0, 0.05) is 21.6 Å². The molecule has 7 nitrogen and oxygen atoms in total. The number of imide groups is 1. The van der Waals surface area contributed by atoms with Crippen LogP contribution in [0.3, 0.4) is 0 Å². The number of hydrogen-bond donors (Lipinski definition) is 0. The van der Waals surface area contributed by atoms with Crippen LogP contribution >= 0.6 is 22.9 Å². The van der Waals surface area contributed by atoms with Gasteiger partial charge in [0.1, 0.15) is 12.3 Å². The number of hydrogen-bond acceptors (Lipinski definition) is 7. The molecule has 10 heteroatoms. The molecule has 1 aliphatic rings. The van der Waals surface area contributed by atoms with E-state index in [1.807, 2.05) is 0 Å². The number of ether oxygens (including phenoxy) is 2. The van der Waals surface area contributed by atoms with Gasteiger partial charge in [-0.2, -0.15) is 4.39 Å². The fourth-order valence-corrected chi connectivity index (χ4v) is 4.94. The third-order valence-electron chi connectivity index (χ3n) is 5.34. The van der Waals surface area contributed by atoms with Crippen molar-refractivity contribution < 1.29 is 33.0 Å². The number of carbonyl (C=O) groups excluding carboxylic acids is 4. The molecule has 2 amide bonds. The van der Waals surface area contributed by atoms with Crippen molar-refractivity contribution in [3.05, 3.63) is 74.7 Å². The Kier molecular flexibility index (Phi) is 8.95. The van der Waals surface area contributed by atoms with Gasteiger partial charge in [-0.05, 0) is 37.8 Å². The van der Waals surface area contributed by atoms with E-state index in [4.69, 9.17) is 16.3 Å². The fourth-order valence-electron chi connectivity index (χ4n) is 3.65. The van der Waals surface area contributed by atoms with Crippen molar-refractivity contribution in [1.82, 2.24) is 0 Å². The van der Waals surface area contributed by atoms with E-state index < -0.39 is 34.6 Å². The Balaban J connectivity index is 2.15. The SMILES string of the molecule is C=CCOC(=O)C1=C(C(=O)N(C(=O)c2ccccc2)c2c(F)sc(CC(=O)OC)c2Cl)CCCC1. The lowest BCUT2D eigenvalue weighted by Gasteiger charge is -2.25. The van der Waals surface area contributed by atoms with Crippen molar-refractivity contribution >= 4 is 52.4 Å². The van der Waals surface area contributed by atoms with Gasteiger partial charge >= 0.3 is 11.9 Å². The Labute approximate surface area is 210 Å². The summed E-state index contributed by atoms with van der Waals surface area (Å²) < 4.78 is 25.0. The number of amides is 2. The van der Waals surface area contributed by atoms with E-state index in [9.17, 15) is 19.2 Å². The number of nitrogens with zero attached hydrogens (tertiary/aromatic N) is 1. The van der Waals surface area contributed by atoms with Gasteiger partial charge in [-0.3, -0.25) is 14.4 Å². The maximum Gasteiger partial charge on any atom is 0.334 e. The zero-order chi connectivity index (χ0) is 25.5. The first-order chi connectivity index (χ1) is 16.8. The van der Waals surface area contributed by atoms with Gasteiger partial charge in [0.05, 0.1) is 18.6 Å². The molecule has 1 heterocycles. The molecule has 0 fully saturated rings. The molecule has 184 valence electrons. The van der Waals surface area contributed by atoms with Crippen LogP contribution in [0.15, 0.2) is 54.1 Å². The predicted molar refractivity (Wildman–Crippen MR) is 130 cm³/mol. The molecule has 2 aromatic rings. The quantitative estimate of drug-likeness (QED) is 0.276. The highest BCUT2D eigenvalue weighted by Gasteiger charge is 2.37. The van der Waals surface area contributed by atoms with E-state index in [0.717, 1.165) is 0 Å². The molecule has 1 aromatic carbocycles. The highest BCUT2D eigenvalue weighted by atomic mass is 35.5. The van der Waals surface area contributed by atoms with E-state index in [0.29, 0.717) is 29.1 Å². The molecule has 0 saturated heterocycles. The standard InChI is InChI=1S/C25H23ClFNO6S/c1-3-13-34-25(32)17-12-8-7-11-16(17)24(31)28(23(30)15-9-5-4-6-10-15)21-20(26)18(35-22(21)27)14-19(29)33-2/h3-6,9-10H,1,7-8,11-14H2,2H3. The first-order valence-electron chi connectivity index (χ1n) is 10.8. The van der Waals surface area contributed by atoms with Crippen LogP contribution in [-0.4, -0.2) is 37.5 Å². The van der Waals surface area contributed by atoms with E-state index in [2.05, 4.69) is 11.3 Å². The molecule has 1 aromatic heterocycles. The van der Waals surface area contributed by atoms with Crippen molar-refractivity contribution in [3.8, 4) is 0 Å². The minimum Gasteiger partial charge on any atom is -0.469 e. The van der Waals surface area contributed by atoms with Crippen LogP contribution in [0.1, 0.15) is 40.9 Å². The summed E-state index contributed by atoms with van der Waals surface area (Å²) in [6, 6.07) is 7.84. The second kappa shape index (κ2) is 11.9. The highest BCUT2D eigenvalue weighted by Crippen LogP contribution is 2.41. The number of halogens is 2. The summed E-state index contributed by atoms with van der Waals surface area (Å²) in [6.45, 7) is 3.46. The zero-order valence-electron chi connectivity index (χ0n) is 19.0. The second-order valence-corrected chi connectivity index (χ2v) is 9.01. The molecule has 0 atom stereocenters. The Morgan fingerprint density at radius 3 is 2.40 bits per heavy atom. The van der Waals surface area contributed by atoms with Crippen LogP contribution in [-0.2, 0) is 30.3 Å². The van der Waals surface area contributed by atoms with Crippen LogP contribution in [0.5, 0.6) is 0 Å². The smallest absolute Gasteiger partial charge is 0.334 e. The first-order valence-corrected chi connectivity index (χ1v) is 12.0. The number of thiophene rings is 1. The Hall–Kier alpha value is -3.30. The van der Waals surface area contributed by atoms with E-state index in [1.54, 1.807) is 18.2 Å². The second-order valence-electron chi connectivity index (χ2n) is 7.58. The van der Waals surface area contributed by atoms with Gasteiger partial charge in [0.25, 0.3) is 11.8 Å². The van der Waals surface area contributed by atoms with E-state index in [-0.39, 0.29) is 52.5 Å². The first kappa shape index (κ1) is 26.3. The summed E-state index contributed by atoms with van der Waals surface area (Å²) in [4.78, 5) is 52.4. The lowest BCUT2D eigenvalue weighted by Crippen LogP contribution is -2.40. The van der Waals surface area contributed by atoms with Gasteiger partial charge in [-0.1, -0.05) is 42.5 Å². The molecule has 0 saturated carbocycles. The fraction of sp³-hybridized carbons (Fsp3) is 0.280. The molecule has 0 unspecified atom stereocenters. The largest absolute Gasteiger partial charge is 0.469 e. The number of benzene rings is 1. The van der Waals surface area contributed by atoms with Crippen LogP contribution in [0.25, 0.3) is 0 Å². The number of anilines is 1. The summed E-state index contributed by atoms with van der Waals surface area (Å²) >= 11 is 6.95. The molecule has 35 heavy (non-hydrogen) atoms. The number of methoxy groups -OCH3 is 1. The Morgan fingerprint density at radius 2 is 1.77 bits per heavy atom. The molecular weight excluding hydrogens is 497 g/mol. The van der Waals surface area contributed by atoms with Crippen molar-refractivity contribution in [2.75, 3.05) is 18.6 Å². The summed E-state index contributed by atoms with van der Waals surface area (Å²) in [7, 11) is 1.18. The zero-order valence-corrected chi connectivity index (χ0v) is 20.5. The molecule has 3 rings (SSSR count). The third-order valence-corrected chi connectivity index (χ3v) is 6.83.